The number of alkyl halides is 2. The largest absolute Gasteiger partial charge is 0.384 e. The summed E-state index contributed by atoms with van der Waals surface area (Å²) in [7, 11) is 0. The van der Waals surface area contributed by atoms with Crippen LogP contribution in [0.4, 0.5) is 8.78 Å². The molecule has 1 saturated heterocycles. The quantitative estimate of drug-likeness (QED) is 0.524. The maximum Gasteiger partial charge on any atom is 0.296 e. The van der Waals surface area contributed by atoms with E-state index in [1.54, 1.807) is 37.8 Å². The second kappa shape index (κ2) is 12.0. The lowest BCUT2D eigenvalue weighted by Gasteiger charge is -2.38. The maximum atomic E-state index is 13.8. The van der Waals surface area contributed by atoms with Crippen molar-refractivity contribution >= 4 is 29.4 Å². The van der Waals surface area contributed by atoms with E-state index in [2.05, 4.69) is 26.6 Å². The molecular weight excluding hydrogens is 532 g/mol. The Bertz CT molecular complexity index is 1390. The standard InChI is InChI=1S/C29H37F2N7O3/c1-7-17(2)24(36-12-14-37(15-13-36)27(40)23-25(39)20(5)32-16-33-23)28(41)38-21(6)34-26(35-38)18(3)8-9-22-10-11-29(30,31)19(22)4/h8-9,16,20,25,39H,4,7,10-15H2,1-3,5-6H3/b18-8+,22-9-,24-17-. The Balaban J connectivity index is 1.50. The molecule has 1 saturated carbocycles. The number of rotatable bonds is 6. The van der Waals surface area contributed by atoms with Gasteiger partial charge in [0, 0.05) is 38.2 Å². The zero-order valence-electron chi connectivity index (χ0n) is 24.2. The van der Waals surface area contributed by atoms with Crippen LogP contribution in [0.15, 0.2) is 51.1 Å². The van der Waals surface area contributed by atoms with Gasteiger partial charge < -0.3 is 14.9 Å². The Hall–Kier alpha value is -3.80. The number of amides is 1. The summed E-state index contributed by atoms with van der Waals surface area (Å²) in [5.41, 5.74) is 2.42. The molecule has 2 atom stereocenters. The number of aliphatic imine (C=N–C) groups is 2. The van der Waals surface area contributed by atoms with Crippen molar-refractivity contribution in [2.24, 2.45) is 9.98 Å². The van der Waals surface area contributed by atoms with Gasteiger partial charge in [0.1, 0.15) is 29.7 Å². The monoisotopic (exact) mass is 569 g/mol. The maximum absolute atomic E-state index is 13.8. The second-order valence-electron chi connectivity index (χ2n) is 10.7. The number of carbonyl (C=O) groups excluding carboxylic acids is 2. The lowest BCUT2D eigenvalue weighted by molar-refractivity contribution is -0.126. The predicted molar refractivity (Wildman–Crippen MR) is 153 cm³/mol. The average Bonchev–Trinajstić information content (AvgIpc) is 3.47. The first-order valence-electron chi connectivity index (χ1n) is 13.8. The van der Waals surface area contributed by atoms with Crippen molar-refractivity contribution in [3.05, 3.63) is 52.8 Å². The molecule has 1 aliphatic carbocycles. The molecule has 1 aromatic heterocycles. The Morgan fingerprint density at radius 2 is 1.85 bits per heavy atom. The molecule has 1 N–H and O–H groups in total. The van der Waals surface area contributed by atoms with Gasteiger partial charge in [0.25, 0.3) is 17.7 Å². The van der Waals surface area contributed by atoms with E-state index in [-0.39, 0.29) is 35.9 Å². The molecule has 3 aliphatic rings. The minimum atomic E-state index is -2.88. The lowest BCUT2D eigenvalue weighted by atomic mass is 10.1. The highest BCUT2D eigenvalue weighted by molar-refractivity contribution is 6.42. The highest BCUT2D eigenvalue weighted by Gasteiger charge is 2.40. The number of aryl methyl sites for hydroxylation is 1. The number of aliphatic hydroxyl groups excluding tert-OH is 1. The zero-order chi connectivity index (χ0) is 30.1. The number of halogens is 2. The highest BCUT2D eigenvalue weighted by atomic mass is 19.3. The van der Waals surface area contributed by atoms with Gasteiger partial charge in [-0.1, -0.05) is 25.7 Å². The third kappa shape index (κ3) is 6.12. The van der Waals surface area contributed by atoms with Gasteiger partial charge in [0.15, 0.2) is 5.82 Å². The molecule has 4 rings (SSSR count). The molecule has 41 heavy (non-hydrogen) atoms. The third-order valence-electron chi connectivity index (χ3n) is 7.86. The molecule has 2 unspecified atom stereocenters. The molecule has 0 spiro atoms. The van der Waals surface area contributed by atoms with Gasteiger partial charge in [-0.3, -0.25) is 14.6 Å². The van der Waals surface area contributed by atoms with Crippen LogP contribution in [0.5, 0.6) is 0 Å². The number of hydrogen-bond acceptors (Lipinski definition) is 8. The molecule has 0 bridgehead atoms. The van der Waals surface area contributed by atoms with E-state index < -0.39 is 18.1 Å². The fourth-order valence-electron chi connectivity index (χ4n) is 4.98. The molecule has 1 aromatic rings. The van der Waals surface area contributed by atoms with Crippen LogP contribution in [0.3, 0.4) is 0 Å². The van der Waals surface area contributed by atoms with Crippen LogP contribution in [0, 0.1) is 6.92 Å². The SMILES string of the molecule is C=C1/C(=C\C=C(/C)c2nc(C)n(C(=O)/C(=C(\C)CC)N3CCN(C(=O)C4=NC=NC(C)C4O)CC3)n2)CCC1(F)F. The molecule has 12 heteroatoms. The number of allylic oxidation sites excluding steroid dienone is 7. The smallest absolute Gasteiger partial charge is 0.296 e. The van der Waals surface area contributed by atoms with Crippen molar-refractivity contribution in [3.8, 4) is 0 Å². The summed E-state index contributed by atoms with van der Waals surface area (Å²) < 4.78 is 28.9. The number of carbonyl (C=O) groups is 2. The first-order chi connectivity index (χ1) is 19.4. The summed E-state index contributed by atoms with van der Waals surface area (Å²) in [6.07, 6.45) is 4.19. The molecule has 220 valence electrons. The Morgan fingerprint density at radius 3 is 2.46 bits per heavy atom. The van der Waals surface area contributed by atoms with Crippen LogP contribution < -0.4 is 0 Å². The predicted octanol–water partition coefficient (Wildman–Crippen LogP) is 3.60. The summed E-state index contributed by atoms with van der Waals surface area (Å²) in [5.74, 6) is -2.81. The van der Waals surface area contributed by atoms with Crippen LogP contribution in [0.1, 0.15) is 63.4 Å². The number of aromatic nitrogens is 3. The molecule has 2 fully saturated rings. The number of aliphatic hydroxyl groups is 1. The van der Waals surface area contributed by atoms with Gasteiger partial charge in [0.05, 0.1) is 6.04 Å². The van der Waals surface area contributed by atoms with Crippen molar-refractivity contribution < 1.29 is 23.5 Å². The van der Waals surface area contributed by atoms with Gasteiger partial charge >= 0.3 is 0 Å². The van der Waals surface area contributed by atoms with Crippen molar-refractivity contribution in [2.75, 3.05) is 26.2 Å². The van der Waals surface area contributed by atoms with E-state index in [9.17, 15) is 23.5 Å². The number of hydrogen-bond donors (Lipinski definition) is 1. The lowest BCUT2D eigenvalue weighted by Crippen LogP contribution is -2.54. The summed E-state index contributed by atoms with van der Waals surface area (Å²) in [6, 6.07) is -0.440. The van der Waals surface area contributed by atoms with Gasteiger partial charge in [0.2, 0.25) is 0 Å². The molecule has 10 nitrogen and oxygen atoms in total. The fraction of sp³-hybridized carbons (Fsp3) is 0.517. The molecule has 3 heterocycles. The number of piperazine rings is 1. The van der Waals surface area contributed by atoms with Crippen LogP contribution in [0.2, 0.25) is 0 Å². The van der Waals surface area contributed by atoms with Crippen LogP contribution in [0.25, 0.3) is 5.57 Å². The van der Waals surface area contributed by atoms with Crippen molar-refractivity contribution in [1.29, 1.82) is 0 Å². The Kier molecular flexibility index (Phi) is 8.81. The zero-order valence-corrected chi connectivity index (χ0v) is 24.2. The number of nitrogens with zero attached hydrogens (tertiary/aromatic N) is 7. The molecule has 1 amide bonds. The van der Waals surface area contributed by atoms with Crippen LogP contribution in [-0.2, 0) is 4.79 Å². The van der Waals surface area contributed by atoms with Gasteiger partial charge in [-0.05, 0) is 57.3 Å². The van der Waals surface area contributed by atoms with E-state index in [1.807, 2.05) is 18.7 Å². The average molecular weight is 570 g/mol. The minimum absolute atomic E-state index is 0.0772. The van der Waals surface area contributed by atoms with Gasteiger partial charge in [-0.15, -0.1) is 5.10 Å². The Labute approximate surface area is 238 Å². The first kappa shape index (κ1) is 30.2. The van der Waals surface area contributed by atoms with Crippen molar-refractivity contribution in [3.63, 3.8) is 0 Å². The minimum Gasteiger partial charge on any atom is -0.384 e. The van der Waals surface area contributed by atoms with Crippen molar-refractivity contribution in [1.82, 2.24) is 24.6 Å². The molecule has 0 aromatic carbocycles. The second-order valence-corrected chi connectivity index (χ2v) is 10.7. The van der Waals surface area contributed by atoms with E-state index in [0.29, 0.717) is 61.1 Å². The third-order valence-corrected chi connectivity index (χ3v) is 7.86. The molecule has 0 radical (unpaired) electrons. The topological polar surface area (TPSA) is 116 Å². The van der Waals surface area contributed by atoms with E-state index >= 15 is 0 Å². The summed E-state index contributed by atoms with van der Waals surface area (Å²) >= 11 is 0. The van der Waals surface area contributed by atoms with Crippen LogP contribution in [-0.4, -0.2) is 97.8 Å². The van der Waals surface area contributed by atoms with Crippen molar-refractivity contribution in [2.45, 2.75) is 71.9 Å². The van der Waals surface area contributed by atoms with E-state index in [0.717, 1.165) is 5.57 Å². The summed E-state index contributed by atoms with van der Waals surface area (Å²) in [4.78, 5) is 42.9. The first-order valence-corrected chi connectivity index (χ1v) is 13.8. The highest BCUT2D eigenvalue weighted by Crippen LogP contribution is 2.42. The fourth-order valence-corrected chi connectivity index (χ4v) is 4.98. The summed E-state index contributed by atoms with van der Waals surface area (Å²) in [6.45, 7) is 14.1. The summed E-state index contributed by atoms with van der Waals surface area (Å²) in [5, 5.41) is 14.8. The van der Waals surface area contributed by atoms with E-state index in [4.69, 9.17) is 0 Å². The van der Waals surface area contributed by atoms with E-state index in [1.165, 1.54) is 11.0 Å². The molecule has 2 aliphatic heterocycles. The Morgan fingerprint density at radius 1 is 1.20 bits per heavy atom. The van der Waals surface area contributed by atoms with Crippen LogP contribution >= 0.6 is 0 Å². The normalized spacial score (nSPS) is 24.6. The molecular formula is C29H37F2N7O3. The van der Waals surface area contributed by atoms with Gasteiger partial charge in [-0.25, -0.2) is 18.8 Å². The van der Waals surface area contributed by atoms with Gasteiger partial charge in [-0.2, -0.15) is 4.68 Å².